The van der Waals surface area contributed by atoms with Gasteiger partial charge in [-0.1, -0.05) is 6.58 Å². The first-order valence-electron chi connectivity index (χ1n) is 4.22. The van der Waals surface area contributed by atoms with Gasteiger partial charge in [0.2, 0.25) is 0 Å². The summed E-state index contributed by atoms with van der Waals surface area (Å²) in [5, 5.41) is 0. The fourth-order valence-corrected chi connectivity index (χ4v) is 0.916. The maximum absolute atomic E-state index is 11.1. The number of esters is 1. The van der Waals surface area contributed by atoms with Crippen LogP contribution in [0, 0.1) is 0 Å². The minimum atomic E-state index is -0.390. The Morgan fingerprint density at radius 2 is 1.92 bits per heavy atom. The molecule has 0 N–H and O–H groups in total. The van der Waals surface area contributed by atoms with Gasteiger partial charge in [-0.15, -0.1) is 0 Å². The molecule has 1 fully saturated rings. The molecule has 0 saturated carbocycles. The van der Waals surface area contributed by atoms with E-state index in [1.54, 1.807) is 6.92 Å². The fraction of sp³-hybridized carbons (Fsp3) is 0.667. The maximum Gasteiger partial charge on any atom is 0.333 e. The molecule has 0 aromatic carbocycles. The van der Waals surface area contributed by atoms with E-state index in [1.807, 2.05) is 0 Å². The summed E-state index contributed by atoms with van der Waals surface area (Å²) in [6, 6.07) is 0. The molecule has 0 atom stereocenters. The molecule has 0 bridgehead atoms. The Morgan fingerprint density at radius 3 is 2.38 bits per heavy atom. The highest BCUT2D eigenvalue weighted by Crippen LogP contribution is 2.03. The third-order valence-electron chi connectivity index (χ3n) is 1.60. The van der Waals surface area contributed by atoms with Crippen molar-refractivity contribution in [2.24, 2.45) is 0 Å². The quantitative estimate of drug-likeness (QED) is 0.466. The highest BCUT2D eigenvalue weighted by Gasteiger charge is 2.17. The zero-order valence-corrected chi connectivity index (χ0v) is 7.75. The molecule has 0 radical (unpaired) electrons. The molecule has 4 nitrogen and oxygen atoms in total. The molecule has 4 heteroatoms. The monoisotopic (exact) mass is 186 g/mol. The number of hydrogen-bond acceptors (Lipinski definition) is 4. The van der Waals surface area contributed by atoms with Gasteiger partial charge in [0.05, 0.1) is 26.4 Å². The second-order valence-corrected chi connectivity index (χ2v) is 2.96. The highest BCUT2D eigenvalue weighted by molar-refractivity contribution is 5.87. The summed E-state index contributed by atoms with van der Waals surface area (Å²) in [6.07, 6.45) is -0.299. The Bertz CT molecular complexity index is 192. The Hall–Kier alpha value is -0.870. The lowest BCUT2D eigenvalue weighted by atomic mass is 10.3. The van der Waals surface area contributed by atoms with Gasteiger partial charge in [0.15, 0.2) is 0 Å². The van der Waals surface area contributed by atoms with Crippen LogP contribution in [0.15, 0.2) is 12.2 Å². The van der Waals surface area contributed by atoms with Crippen molar-refractivity contribution in [2.45, 2.75) is 13.0 Å². The minimum absolute atomic E-state index is 0.299. The summed E-state index contributed by atoms with van der Waals surface area (Å²) in [5.41, 5.74) is 0.393. The molecule has 0 aromatic heterocycles. The Balaban J connectivity index is 2.33. The second kappa shape index (κ2) is 4.99. The number of rotatable bonds is 2. The van der Waals surface area contributed by atoms with Crippen molar-refractivity contribution in [3.05, 3.63) is 12.2 Å². The maximum atomic E-state index is 11.1. The summed E-state index contributed by atoms with van der Waals surface area (Å²) in [4.78, 5) is 11.1. The fourth-order valence-electron chi connectivity index (χ4n) is 0.916. The van der Waals surface area contributed by atoms with Crippen molar-refractivity contribution in [2.75, 3.05) is 26.4 Å². The zero-order chi connectivity index (χ0) is 9.68. The van der Waals surface area contributed by atoms with Crippen LogP contribution in [0.2, 0.25) is 0 Å². The Morgan fingerprint density at radius 1 is 1.38 bits per heavy atom. The van der Waals surface area contributed by atoms with Crippen molar-refractivity contribution in [1.29, 1.82) is 0 Å². The molecular weight excluding hydrogens is 172 g/mol. The third kappa shape index (κ3) is 3.57. The summed E-state index contributed by atoms with van der Waals surface area (Å²) in [5.74, 6) is -0.390. The van der Waals surface area contributed by atoms with E-state index in [-0.39, 0.29) is 12.1 Å². The van der Waals surface area contributed by atoms with Crippen molar-refractivity contribution in [3.8, 4) is 0 Å². The van der Waals surface area contributed by atoms with Crippen LogP contribution in [0.1, 0.15) is 6.92 Å². The van der Waals surface area contributed by atoms with E-state index >= 15 is 0 Å². The smallest absolute Gasteiger partial charge is 0.333 e. The average Bonchev–Trinajstić information content (AvgIpc) is 2.32. The summed E-state index contributed by atoms with van der Waals surface area (Å²) < 4.78 is 15.4. The number of hydrogen-bond donors (Lipinski definition) is 0. The standard InChI is InChI=1S/C9H14O4/c1-7(2)9(10)13-8-5-11-3-4-12-6-8/h8H,1,3-6H2,2H3. The van der Waals surface area contributed by atoms with Gasteiger partial charge >= 0.3 is 5.97 Å². The molecule has 1 aliphatic heterocycles. The average molecular weight is 186 g/mol. The van der Waals surface area contributed by atoms with E-state index in [4.69, 9.17) is 14.2 Å². The number of ether oxygens (including phenoxy) is 3. The van der Waals surface area contributed by atoms with Crippen LogP contribution in [-0.4, -0.2) is 38.5 Å². The molecule has 1 rings (SSSR count). The number of carbonyl (C=O) groups is 1. The van der Waals surface area contributed by atoms with Crippen molar-refractivity contribution in [1.82, 2.24) is 0 Å². The first-order chi connectivity index (χ1) is 6.20. The van der Waals surface area contributed by atoms with Gasteiger partial charge in [-0.05, 0) is 6.92 Å². The van der Waals surface area contributed by atoms with Gasteiger partial charge in [0.25, 0.3) is 0 Å². The normalized spacial score (nSPS) is 19.2. The Labute approximate surface area is 77.5 Å². The molecule has 1 saturated heterocycles. The molecule has 74 valence electrons. The van der Waals surface area contributed by atoms with Crippen LogP contribution in [0.4, 0.5) is 0 Å². The molecule has 1 heterocycles. The highest BCUT2D eigenvalue weighted by atomic mass is 16.6. The molecule has 0 amide bonds. The third-order valence-corrected chi connectivity index (χ3v) is 1.60. The molecule has 0 aliphatic carbocycles. The van der Waals surface area contributed by atoms with Crippen LogP contribution in [0.3, 0.4) is 0 Å². The van der Waals surface area contributed by atoms with Gasteiger partial charge in [-0.2, -0.15) is 0 Å². The lowest BCUT2D eigenvalue weighted by molar-refractivity contribution is -0.148. The predicted molar refractivity (Wildman–Crippen MR) is 46.3 cm³/mol. The number of carbonyl (C=O) groups excluding carboxylic acids is 1. The largest absolute Gasteiger partial charge is 0.454 e. The van der Waals surface area contributed by atoms with Crippen LogP contribution in [0.5, 0.6) is 0 Å². The lowest BCUT2D eigenvalue weighted by Crippen LogP contribution is -2.26. The van der Waals surface area contributed by atoms with Gasteiger partial charge < -0.3 is 14.2 Å². The molecule has 13 heavy (non-hydrogen) atoms. The minimum Gasteiger partial charge on any atom is -0.454 e. The molecule has 1 aliphatic rings. The summed E-state index contributed by atoms with van der Waals surface area (Å²) in [7, 11) is 0. The topological polar surface area (TPSA) is 44.8 Å². The summed E-state index contributed by atoms with van der Waals surface area (Å²) >= 11 is 0. The van der Waals surface area contributed by atoms with Crippen LogP contribution < -0.4 is 0 Å². The zero-order valence-electron chi connectivity index (χ0n) is 7.75. The van der Waals surface area contributed by atoms with E-state index in [1.165, 1.54) is 0 Å². The van der Waals surface area contributed by atoms with Crippen molar-refractivity contribution >= 4 is 5.97 Å². The molecule has 0 spiro atoms. The second-order valence-electron chi connectivity index (χ2n) is 2.96. The molecule has 0 aromatic rings. The van der Waals surface area contributed by atoms with E-state index in [0.29, 0.717) is 32.0 Å². The first kappa shape index (κ1) is 10.2. The first-order valence-corrected chi connectivity index (χ1v) is 4.22. The van der Waals surface area contributed by atoms with E-state index in [9.17, 15) is 4.79 Å². The van der Waals surface area contributed by atoms with Gasteiger partial charge in [-0.25, -0.2) is 4.79 Å². The molecular formula is C9H14O4. The Kier molecular flexibility index (Phi) is 3.92. The van der Waals surface area contributed by atoms with Crippen LogP contribution in [0.25, 0.3) is 0 Å². The predicted octanol–water partition coefficient (Wildman–Crippen LogP) is 0.521. The van der Waals surface area contributed by atoms with Crippen molar-refractivity contribution in [3.63, 3.8) is 0 Å². The van der Waals surface area contributed by atoms with Crippen LogP contribution in [-0.2, 0) is 19.0 Å². The lowest BCUT2D eigenvalue weighted by Gasteiger charge is -2.14. The van der Waals surface area contributed by atoms with E-state index < -0.39 is 0 Å². The van der Waals surface area contributed by atoms with Crippen LogP contribution >= 0.6 is 0 Å². The summed E-state index contributed by atoms with van der Waals surface area (Å²) in [6.45, 7) is 7.02. The SMILES string of the molecule is C=C(C)C(=O)OC1COCCOC1. The molecule has 0 unspecified atom stereocenters. The van der Waals surface area contributed by atoms with E-state index in [0.717, 1.165) is 0 Å². The van der Waals surface area contributed by atoms with Gasteiger partial charge in [0.1, 0.15) is 6.10 Å². The van der Waals surface area contributed by atoms with Crippen molar-refractivity contribution < 1.29 is 19.0 Å². The van der Waals surface area contributed by atoms with E-state index in [2.05, 4.69) is 6.58 Å². The van der Waals surface area contributed by atoms with Gasteiger partial charge in [-0.3, -0.25) is 0 Å². The van der Waals surface area contributed by atoms with Gasteiger partial charge in [0, 0.05) is 5.57 Å².